The van der Waals surface area contributed by atoms with E-state index in [2.05, 4.69) is 25.7 Å². The van der Waals surface area contributed by atoms with Crippen LogP contribution in [-0.4, -0.2) is 86.9 Å². The van der Waals surface area contributed by atoms with E-state index in [1.165, 1.54) is 50.1 Å². The topological polar surface area (TPSA) is 83.9 Å². The minimum atomic E-state index is -0.501. The van der Waals surface area contributed by atoms with E-state index < -0.39 is 5.60 Å². The number of piperazine rings is 1. The molecule has 0 spiro atoms. The molecule has 6 rings (SSSR count). The molecule has 9 nitrogen and oxygen atoms in total. The zero-order valence-electron chi connectivity index (χ0n) is 20.6. The molecule has 35 heavy (non-hydrogen) atoms. The third kappa shape index (κ3) is 4.37. The Morgan fingerprint density at radius 2 is 1.80 bits per heavy atom. The lowest BCUT2D eigenvalue weighted by molar-refractivity contribution is 0.0122. The van der Waals surface area contributed by atoms with Gasteiger partial charge in [0, 0.05) is 13.1 Å². The summed E-state index contributed by atoms with van der Waals surface area (Å²) in [4.78, 5) is 34.8. The molecule has 0 aliphatic carbocycles. The minimum absolute atomic E-state index is 0.101. The van der Waals surface area contributed by atoms with Gasteiger partial charge in [0.2, 0.25) is 0 Å². The van der Waals surface area contributed by atoms with Crippen molar-refractivity contribution in [3.05, 3.63) is 3.92 Å². The van der Waals surface area contributed by atoms with Gasteiger partial charge in [-0.2, -0.15) is 9.97 Å². The van der Waals surface area contributed by atoms with Crippen LogP contribution in [0.3, 0.4) is 0 Å². The van der Waals surface area contributed by atoms with Crippen LogP contribution in [-0.2, 0) is 4.74 Å². The number of aromatic nitrogens is 3. The normalized spacial score (nSPS) is 25.9. The van der Waals surface area contributed by atoms with Gasteiger partial charge in [0.25, 0.3) is 0 Å². The van der Waals surface area contributed by atoms with Gasteiger partial charge in [-0.05, 0) is 88.3 Å². The monoisotopic (exact) mass is 564 g/mol. The largest absolute Gasteiger partial charge is 0.461 e. The number of halogens is 1. The third-order valence-corrected chi connectivity index (χ3v) is 9.26. The summed E-state index contributed by atoms with van der Waals surface area (Å²) in [5, 5.41) is 0. The lowest BCUT2D eigenvalue weighted by Crippen LogP contribution is -2.57. The Labute approximate surface area is 218 Å². The Hall–Kier alpha value is -1.72. The molecule has 4 saturated heterocycles. The molecule has 1 amide bonds. The highest BCUT2D eigenvalue weighted by atomic mass is 79.9. The molecule has 0 radical (unpaired) electrons. The quantitative estimate of drug-likeness (QED) is 0.538. The fourth-order valence-electron chi connectivity index (χ4n) is 6.40. The molecule has 2 aromatic rings. The second kappa shape index (κ2) is 8.69. The molecule has 4 aliphatic rings. The van der Waals surface area contributed by atoms with Crippen LogP contribution in [0, 0.1) is 0 Å². The van der Waals surface area contributed by atoms with Crippen molar-refractivity contribution in [1.29, 1.82) is 0 Å². The van der Waals surface area contributed by atoms with Crippen molar-refractivity contribution >= 4 is 49.5 Å². The standard InChI is InChI=1S/C24H33BrN6O3S/c1-23(2,3)34-22(32)31-15-6-7-16(31)13-29(12-15)18-17-19(35-20(25)26-17)28-21(27-18)33-14-24-8-4-10-30(24)11-5-9-24/h15-16H,4-14H2,1-3H3. The van der Waals surface area contributed by atoms with E-state index in [1.807, 2.05) is 25.7 Å². The molecule has 4 aliphatic heterocycles. The van der Waals surface area contributed by atoms with E-state index in [4.69, 9.17) is 24.4 Å². The van der Waals surface area contributed by atoms with Crippen LogP contribution in [0.1, 0.15) is 59.3 Å². The molecule has 6 heterocycles. The highest BCUT2D eigenvalue weighted by Crippen LogP contribution is 2.40. The van der Waals surface area contributed by atoms with Crippen LogP contribution in [0.2, 0.25) is 0 Å². The van der Waals surface area contributed by atoms with Gasteiger partial charge >= 0.3 is 12.1 Å². The Kier molecular flexibility index (Phi) is 5.88. The number of ether oxygens (including phenoxy) is 2. The molecule has 4 fully saturated rings. The molecule has 2 bridgehead atoms. The van der Waals surface area contributed by atoms with Crippen molar-refractivity contribution in [3.8, 4) is 6.01 Å². The van der Waals surface area contributed by atoms with E-state index in [9.17, 15) is 4.79 Å². The molecule has 0 aromatic carbocycles. The van der Waals surface area contributed by atoms with Crippen molar-refractivity contribution in [2.24, 2.45) is 0 Å². The number of hydrogen-bond donors (Lipinski definition) is 0. The summed E-state index contributed by atoms with van der Waals surface area (Å²) in [6.07, 6.45) is 6.57. The number of fused-ring (bicyclic) bond motifs is 4. The number of nitrogens with zero attached hydrogens (tertiary/aromatic N) is 6. The first-order valence-corrected chi connectivity index (χ1v) is 14.3. The van der Waals surface area contributed by atoms with Crippen LogP contribution >= 0.6 is 27.3 Å². The van der Waals surface area contributed by atoms with E-state index in [0.717, 1.165) is 32.9 Å². The van der Waals surface area contributed by atoms with E-state index >= 15 is 0 Å². The molecular formula is C24H33BrN6O3S. The summed E-state index contributed by atoms with van der Waals surface area (Å²) >= 11 is 5.04. The van der Waals surface area contributed by atoms with Crippen LogP contribution in [0.5, 0.6) is 6.01 Å². The van der Waals surface area contributed by atoms with Crippen molar-refractivity contribution in [2.75, 3.05) is 37.7 Å². The van der Waals surface area contributed by atoms with Gasteiger partial charge in [-0.25, -0.2) is 9.78 Å². The van der Waals surface area contributed by atoms with E-state index in [0.29, 0.717) is 25.7 Å². The van der Waals surface area contributed by atoms with Crippen molar-refractivity contribution < 1.29 is 14.3 Å². The molecule has 2 aromatic heterocycles. The van der Waals surface area contributed by atoms with Gasteiger partial charge in [-0.3, -0.25) is 9.80 Å². The third-order valence-electron chi connectivity index (χ3n) is 7.86. The number of carbonyl (C=O) groups is 1. The summed E-state index contributed by atoms with van der Waals surface area (Å²) in [6, 6.07) is 0.632. The van der Waals surface area contributed by atoms with Crippen molar-refractivity contribution in [1.82, 2.24) is 24.8 Å². The number of amides is 1. The second-order valence-electron chi connectivity index (χ2n) is 11.3. The molecule has 11 heteroatoms. The maximum absolute atomic E-state index is 12.9. The van der Waals surface area contributed by atoms with Crippen molar-refractivity contribution in [3.63, 3.8) is 0 Å². The molecule has 190 valence electrons. The number of carbonyl (C=O) groups excluding carboxylic acids is 1. The molecular weight excluding hydrogens is 532 g/mol. The van der Waals surface area contributed by atoms with Gasteiger partial charge in [0.15, 0.2) is 14.6 Å². The van der Waals surface area contributed by atoms with Gasteiger partial charge in [0.05, 0.1) is 17.6 Å². The minimum Gasteiger partial charge on any atom is -0.461 e. The van der Waals surface area contributed by atoms with Crippen LogP contribution in [0.4, 0.5) is 10.6 Å². The van der Waals surface area contributed by atoms with E-state index in [1.54, 1.807) is 0 Å². The smallest absolute Gasteiger partial charge is 0.410 e. The van der Waals surface area contributed by atoms with Crippen molar-refractivity contribution in [2.45, 2.75) is 82.5 Å². The number of thiazole rings is 1. The number of hydrogen-bond acceptors (Lipinski definition) is 9. The lowest BCUT2D eigenvalue weighted by Gasteiger charge is -2.41. The zero-order valence-corrected chi connectivity index (χ0v) is 23.0. The Morgan fingerprint density at radius 3 is 2.46 bits per heavy atom. The summed E-state index contributed by atoms with van der Waals surface area (Å²) in [6.45, 7) is 10.1. The average Bonchev–Trinajstić information content (AvgIpc) is 3.51. The maximum atomic E-state index is 12.9. The number of anilines is 1. The molecule has 0 N–H and O–H groups in total. The average molecular weight is 566 g/mol. The fourth-order valence-corrected chi connectivity index (χ4v) is 7.69. The first kappa shape index (κ1) is 23.7. The first-order valence-electron chi connectivity index (χ1n) is 12.7. The Morgan fingerprint density at radius 1 is 1.11 bits per heavy atom. The Bertz CT molecular complexity index is 1110. The predicted molar refractivity (Wildman–Crippen MR) is 138 cm³/mol. The first-order chi connectivity index (χ1) is 16.7. The second-order valence-corrected chi connectivity index (χ2v) is 13.6. The SMILES string of the molecule is CC(C)(C)OC(=O)N1C2CCC1CN(c1nc(OCC34CCCN3CCC4)nc3sc(Br)nc13)C2. The number of rotatable bonds is 4. The Balaban J connectivity index is 1.25. The van der Waals surface area contributed by atoms with Gasteiger partial charge in [-0.15, -0.1) is 0 Å². The predicted octanol–water partition coefficient (Wildman–Crippen LogP) is 4.44. The maximum Gasteiger partial charge on any atom is 0.410 e. The van der Waals surface area contributed by atoms with Gasteiger partial charge in [0.1, 0.15) is 17.7 Å². The van der Waals surface area contributed by atoms with E-state index in [-0.39, 0.29) is 23.7 Å². The summed E-state index contributed by atoms with van der Waals surface area (Å²) < 4.78 is 12.8. The lowest BCUT2D eigenvalue weighted by atomic mass is 9.95. The molecule has 2 atom stereocenters. The summed E-state index contributed by atoms with van der Waals surface area (Å²) in [5.41, 5.74) is 0.436. The fraction of sp³-hybridized carbons (Fsp3) is 0.750. The highest BCUT2D eigenvalue weighted by Gasteiger charge is 2.46. The van der Waals surface area contributed by atoms with Crippen LogP contribution < -0.4 is 9.64 Å². The molecule has 0 saturated carbocycles. The molecule has 2 unspecified atom stereocenters. The highest BCUT2D eigenvalue weighted by molar-refractivity contribution is 9.11. The van der Waals surface area contributed by atoms with Crippen LogP contribution in [0.25, 0.3) is 10.3 Å². The summed E-state index contributed by atoms with van der Waals surface area (Å²) in [5.74, 6) is 0.805. The summed E-state index contributed by atoms with van der Waals surface area (Å²) in [7, 11) is 0. The van der Waals surface area contributed by atoms with Gasteiger partial charge < -0.3 is 14.4 Å². The zero-order chi connectivity index (χ0) is 24.4. The van der Waals surface area contributed by atoms with Crippen LogP contribution in [0.15, 0.2) is 3.92 Å². The van der Waals surface area contributed by atoms with Gasteiger partial charge in [-0.1, -0.05) is 11.3 Å².